The Morgan fingerprint density at radius 1 is 1.14 bits per heavy atom. The summed E-state index contributed by atoms with van der Waals surface area (Å²) in [6.07, 6.45) is 3.43. The minimum absolute atomic E-state index is 0.263. The highest BCUT2D eigenvalue weighted by atomic mass is 16.3. The molecule has 0 amide bonds. The molecular formula is C13H16O. The van der Waals surface area contributed by atoms with E-state index in [0.29, 0.717) is 5.92 Å². The van der Waals surface area contributed by atoms with Crippen molar-refractivity contribution in [1.29, 1.82) is 0 Å². The summed E-state index contributed by atoms with van der Waals surface area (Å²) in [6, 6.07) is 3.64. The van der Waals surface area contributed by atoms with Crippen LogP contribution in [0.4, 0.5) is 0 Å². The molecule has 0 spiro atoms. The van der Waals surface area contributed by atoms with E-state index in [1.807, 2.05) is 6.07 Å². The molecule has 0 aliphatic rings. The van der Waals surface area contributed by atoms with Crippen LogP contribution >= 0.6 is 0 Å². The third-order valence-electron chi connectivity index (χ3n) is 2.33. The zero-order chi connectivity index (χ0) is 10.7. The zero-order valence-electron chi connectivity index (χ0n) is 8.75. The maximum absolute atomic E-state index is 9.61. The maximum atomic E-state index is 9.61. The van der Waals surface area contributed by atoms with Gasteiger partial charge in [-0.2, -0.15) is 0 Å². The minimum Gasteiger partial charge on any atom is -0.507 e. The Bertz CT molecular complexity index is 362. The Kier molecular flexibility index (Phi) is 3.13. The summed E-state index contributed by atoms with van der Waals surface area (Å²) in [4.78, 5) is 0. The minimum atomic E-state index is 0.263. The van der Waals surface area contributed by atoms with E-state index in [0.717, 1.165) is 11.1 Å². The maximum Gasteiger partial charge on any atom is 0.123 e. The van der Waals surface area contributed by atoms with E-state index in [9.17, 15) is 5.11 Å². The van der Waals surface area contributed by atoms with E-state index >= 15 is 0 Å². The normalized spacial score (nSPS) is 10.2. The third-order valence-corrected chi connectivity index (χ3v) is 2.33. The molecule has 0 aliphatic carbocycles. The quantitative estimate of drug-likeness (QED) is 0.764. The molecule has 0 unspecified atom stereocenters. The molecule has 0 aromatic heterocycles. The molecule has 1 aromatic carbocycles. The van der Waals surface area contributed by atoms with Crippen molar-refractivity contribution >= 4 is 12.2 Å². The Labute approximate surface area is 85.4 Å². The summed E-state index contributed by atoms with van der Waals surface area (Å²) in [5.41, 5.74) is 2.94. The van der Waals surface area contributed by atoms with Gasteiger partial charge in [0.15, 0.2) is 0 Å². The molecule has 1 nitrogen and oxygen atoms in total. The average Bonchev–Trinajstić information content (AvgIpc) is 2.16. The Morgan fingerprint density at radius 2 is 1.71 bits per heavy atom. The first kappa shape index (κ1) is 10.6. The SMILES string of the molecule is C=Cc1c(O)ccc(C(C)C)c1C=C. The monoisotopic (exact) mass is 188 g/mol. The van der Waals surface area contributed by atoms with Crippen LogP contribution in [-0.4, -0.2) is 5.11 Å². The van der Waals surface area contributed by atoms with Crippen LogP contribution in [0.1, 0.15) is 36.5 Å². The number of phenolic OH excluding ortho intramolecular Hbond substituents is 1. The van der Waals surface area contributed by atoms with Crippen LogP contribution in [0.2, 0.25) is 0 Å². The summed E-state index contributed by atoms with van der Waals surface area (Å²) in [7, 11) is 0. The molecule has 0 radical (unpaired) electrons. The number of aromatic hydroxyl groups is 1. The fourth-order valence-corrected chi connectivity index (χ4v) is 1.59. The number of rotatable bonds is 3. The van der Waals surface area contributed by atoms with Crippen LogP contribution in [-0.2, 0) is 0 Å². The smallest absolute Gasteiger partial charge is 0.123 e. The fraction of sp³-hybridized carbons (Fsp3) is 0.231. The van der Waals surface area contributed by atoms with Gasteiger partial charge < -0.3 is 5.11 Å². The van der Waals surface area contributed by atoms with Gasteiger partial charge in [-0.05, 0) is 23.1 Å². The summed E-state index contributed by atoms with van der Waals surface area (Å²) in [6.45, 7) is 11.7. The van der Waals surface area contributed by atoms with Crippen molar-refractivity contribution in [3.8, 4) is 5.75 Å². The predicted octanol–water partition coefficient (Wildman–Crippen LogP) is 3.80. The lowest BCUT2D eigenvalue weighted by molar-refractivity contribution is 0.473. The van der Waals surface area contributed by atoms with Crippen LogP contribution in [0.15, 0.2) is 25.3 Å². The van der Waals surface area contributed by atoms with E-state index in [1.165, 1.54) is 5.56 Å². The number of hydrogen-bond acceptors (Lipinski definition) is 1. The largest absolute Gasteiger partial charge is 0.507 e. The van der Waals surface area contributed by atoms with Gasteiger partial charge in [-0.3, -0.25) is 0 Å². The van der Waals surface area contributed by atoms with Gasteiger partial charge >= 0.3 is 0 Å². The van der Waals surface area contributed by atoms with Crippen molar-refractivity contribution in [2.24, 2.45) is 0 Å². The highest BCUT2D eigenvalue weighted by Gasteiger charge is 2.10. The van der Waals surface area contributed by atoms with Gasteiger partial charge in [0.1, 0.15) is 5.75 Å². The van der Waals surface area contributed by atoms with Gasteiger partial charge in [-0.25, -0.2) is 0 Å². The zero-order valence-corrected chi connectivity index (χ0v) is 8.75. The summed E-state index contributed by atoms with van der Waals surface area (Å²) >= 11 is 0. The van der Waals surface area contributed by atoms with Crippen molar-refractivity contribution in [2.45, 2.75) is 19.8 Å². The second-order valence-electron chi connectivity index (χ2n) is 3.56. The molecule has 0 heterocycles. The second-order valence-corrected chi connectivity index (χ2v) is 3.56. The number of benzene rings is 1. The Morgan fingerprint density at radius 3 is 2.14 bits per heavy atom. The number of hydrogen-bond donors (Lipinski definition) is 1. The van der Waals surface area contributed by atoms with E-state index in [-0.39, 0.29) is 5.75 Å². The molecule has 1 rings (SSSR count). The Hall–Kier alpha value is -1.50. The predicted molar refractivity (Wildman–Crippen MR) is 62.4 cm³/mol. The van der Waals surface area contributed by atoms with Crippen molar-refractivity contribution in [1.82, 2.24) is 0 Å². The lowest BCUT2D eigenvalue weighted by Crippen LogP contribution is -1.94. The molecule has 1 N–H and O–H groups in total. The van der Waals surface area contributed by atoms with E-state index in [1.54, 1.807) is 18.2 Å². The summed E-state index contributed by atoms with van der Waals surface area (Å²) < 4.78 is 0. The number of phenols is 1. The van der Waals surface area contributed by atoms with Crippen molar-refractivity contribution in [3.63, 3.8) is 0 Å². The van der Waals surface area contributed by atoms with Gasteiger partial charge in [0.25, 0.3) is 0 Å². The molecule has 1 heteroatoms. The highest BCUT2D eigenvalue weighted by Crippen LogP contribution is 2.30. The van der Waals surface area contributed by atoms with Gasteiger partial charge in [-0.1, -0.05) is 45.2 Å². The standard InChI is InChI=1S/C13H16O/c1-5-10-11(6-2)13(14)8-7-12(10)9(3)4/h5-9,14H,1-2H2,3-4H3. The lowest BCUT2D eigenvalue weighted by Gasteiger charge is -2.13. The van der Waals surface area contributed by atoms with Crippen molar-refractivity contribution in [2.75, 3.05) is 0 Å². The topological polar surface area (TPSA) is 20.2 Å². The van der Waals surface area contributed by atoms with E-state index in [2.05, 4.69) is 27.0 Å². The van der Waals surface area contributed by atoms with E-state index in [4.69, 9.17) is 0 Å². The van der Waals surface area contributed by atoms with Crippen molar-refractivity contribution < 1.29 is 5.11 Å². The van der Waals surface area contributed by atoms with Crippen LogP contribution in [0.5, 0.6) is 5.75 Å². The molecule has 14 heavy (non-hydrogen) atoms. The van der Waals surface area contributed by atoms with Crippen LogP contribution in [0, 0.1) is 0 Å². The second kappa shape index (κ2) is 4.14. The summed E-state index contributed by atoms with van der Waals surface area (Å²) in [5.74, 6) is 0.682. The molecule has 0 aliphatic heterocycles. The van der Waals surface area contributed by atoms with Crippen LogP contribution in [0.25, 0.3) is 12.2 Å². The van der Waals surface area contributed by atoms with Gasteiger partial charge in [0.05, 0.1) is 0 Å². The first-order chi connectivity index (χ1) is 6.61. The molecule has 74 valence electrons. The molecule has 0 bridgehead atoms. The van der Waals surface area contributed by atoms with Gasteiger partial charge in [0.2, 0.25) is 0 Å². The fourth-order valence-electron chi connectivity index (χ4n) is 1.59. The molecular weight excluding hydrogens is 172 g/mol. The van der Waals surface area contributed by atoms with Gasteiger partial charge in [0, 0.05) is 5.56 Å². The van der Waals surface area contributed by atoms with Crippen molar-refractivity contribution in [3.05, 3.63) is 42.0 Å². The van der Waals surface area contributed by atoms with Crippen LogP contribution < -0.4 is 0 Å². The van der Waals surface area contributed by atoms with Gasteiger partial charge in [-0.15, -0.1) is 0 Å². The molecule has 1 aromatic rings. The molecule has 0 saturated heterocycles. The third kappa shape index (κ3) is 1.72. The first-order valence-electron chi connectivity index (χ1n) is 4.72. The highest BCUT2D eigenvalue weighted by molar-refractivity contribution is 5.71. The van der Waals surface area contributed by atoms with Crippen LogP contribution in [0.3, 0.4) is 0 Å². The average molecular weight is 188 g/mol. The molecule has 0 fully saturated rings. The molecule has 0 atom stereocenters. The summed E-state index contributed by atoms with van der Waals surface area (Å²) in [5, 5.41) is 9.61. The first-order valence-corrected chi connectivity index (χ1v) is 4.72. The Balaban J connectivity index is 3.48. The lowest BCUT2D eigenvalue weighted by atomic mass is 9.93. The van der Waals surface area contributed by atoms with E-state index < -0.39 is 0 Å². The molecule has 0 saturated carbocycles.